The van der Waals surface area contributed by atoms with Crippen LogP contribution in [0.5, 0.6) is 11.5 Å². The molecule has 0 saturated carbocycles. The molecule has 0 aromatic heterocycles. The molecule has 2 aromatic carbocycles. The molecule has 0 spiro atoms. The van der Waals surface area contributed by atoms with Crippen molar-refractivity contribution in [3.63, 3.8) is 0 Å². The number of amides is 1. The van der Waals surface area contributed by atoms with E-state index in [-0.39, 0.29) is 11.9 Å². The van der Waals surface area contributed by atoms with E-state index in [2.05, 4.69) is 10.9 Å². The Morgan fingerprint density at radius 1 is 1.27 bits per heavy atom. The quantitative estimate of drug-likeness (QED) is 0.688. The predicted octanol–water partition coefficient (Wildman–Crippen LogP) is 4.67. The zero-order chi connectivity index (χ0) is 21.1. The van der Waals surface area contributed by atoms with E-state index in [0.29, 0.717) is 35.8 Å². The van der Waals surface area contributed by atoms with Crippen molar-refractivity contribution in [2.75, 3.05) is 7.11 Å². The van der Waals surface area contributed by atoms with Crippen molar-refractivity contribution in [3.8, 4) is 23.8 Å². The molecule has 1 atom stereocenters. The van der Waals surface area contributed by atoms with Crippen LogP contribution in [0.25, 0.3) is 0 Å². The number of ether oxygens (including phenoxy) is 2. The van der Waals surface area contributed by atoms with Gasteiger partial charge in [0, 0.05) is 24.3 Å². The van der Waals surface area contributed by atoms with Gasteiger partial charge in [0.1, 0.15) is 6.61 Å². The Kier molecular flexibility index (Phi) is 5.40. The summed E-state index contributed by atoms with van der Waals surface area (Å²) in [6.45, 7) is 2.29. The van der Waals surface area contributed by atoms with Crippen LogP contribution in [0.2, 0.25) is 0 Å². The summed E-state index contributed by atoms with van der Waals surface area (Å²) in [6.07, 6.45) is 11.8. The van der Waals surface area contributed by atoms with Gasteiger partial charge in [-0.25, -0.2) is 0 Å². The highest BCUT2D eigenvalue weighted by Crippen LogP contribution is 2.40. The van der Waals surface area contributed by atoms with Crippen LogP contribution in [0.15, 0.2) is 70.9 Å². The Morgan fingerprint density at radius 2 is 2.07 bits per heavy atom. The van der Waals surface area contributed by atoms with Gasteiger partial charge in [0.15, 0.2) is 11.5 Å². The normalized spacial score (nSPS) is 17.6. The van der Waals surface area contributed by atoms with Crippen LogP contribution in [0.4, 0.5) is 5.69 Å². The lowest BCUT2D eigenvalue weighted by atomic mass is 10.1. The van der Waals surface area contributed by atoms with E-state index in [0.717, 1.165) is 16.8 Å². The highest BCUT2D eigenvalue weighted by molar-refractivity contribution is 6.05. The summed E-state index contributed by atoms with van der Waals surface area (Å²) in [5.74, 6) is 3.59. The molecule has 0 radical (unpaired) electrons. The standard InChI is InChI=1S/C25H22N2O3/c1-4-9-22-18(5-2)12-19-15-26-21-14-24(30-16-17-10-7-6-8-11-17)23(29-3)13-20(21)25(28)27(19)22/h2,4,6-11,13-15,19H,12,16H2,1,3H3/b9-4-/t19-/m0/s1. The first-order valence-corrected chi connectivity index (χ1v) is 9.75. The molecule has 30 heavy (non-hydrogen) atoms. The highest BCUT2D eigenvalue weighted by atomic mass is 16.5. The van der Waals surface area contributed by atoms with Gasteiger partial charge in [0.2, 0.25) is 0 Å². The van der Waals surface area contributed by atoms with E-state index in [9.17, 15) is 4.79 Å². The first-order valence-electron chi connectivity index (χ1n) is 9.75. The summed E-state index contributed by atoms with van der Waals surface area (Å²) in [5, 5.41) is 0. The number of allylic oxidation sites excluding steroid dienone is 2. The number of benzene rings is 2. The maximum absolute atomic E-state index is 13.4. The van der Waals surface area contributed by atoms with Crippen LogP contribution in [0.3, 0.4) is 0 Å². The number of terminal acetylenes is 1. The minimum Gasteiger partial charge on any atom is -0.493 e. The molecule has 2 aromatic rings. The fraction of sp³-hybridized carbons (Fsp3) is 0.200. The number of hydrogen-bond acceptors (Lipinski definition) is 4. The van der Waals surface area contributed by atoms with Gasteiger partial charge in [0.25, 0.3) is 5.91 Å². The summed E-state index contributed by atoms with van der Waals surface area (Å²) in [4.78, 5) is 19.7. The minimum absolute atomic E-state index is 0.154. The molecule has 5 heteroatoms. The first kappa shape index (κ1) is 19.5. The van der Waals surface area contributed by atoms with E-state index in [1.165, 1.54) is 0 Å². The Morgan fingerprint density at radius 3 is 2.77 bits per heavy atom. The van der Waals surface area contributed by atoms with Crippen molar-refractivity contribution in [2.45, 2.75) is 26.0 Å². The largest absolute Gasteiger partial charge is 0.493 e. The summed E-state index contributed by atoms with van der Waals surface area (Å²) in [6, 6.07) is 13.1. The van der Waals surface area contributed by atoms with Crippen LogP contribution in [0.1, 0.15) is 29.3 Å². The van der Waals surface area contributed by atoms with E-state index in [1.807, 2.05) is 49.4 Å². The van der Waals surface area contributed by atoms with Gasteiger partial charge in [-0.2, -0.15) is 0 Å². The van der Waals surface area contributed by atoms with E-state index in [4.69, 9.17) is 15.9 Å². The molecule has 0 saturated heterocycles. The van der Waals surface area contributed by atoms with Crippen molar-refractivity contribution in [3.05, 3.63) is 77.0 Å². The van der Waals surface area contributed by atoms with Crippen LogP contribution >= 0.6 is 0 Å². The number of aliphatic imine (C=N–C) groups is 1. The molecule has 4 rings (SSSR count). The molecule has 150 valence electrons. The topological polar surface area (TPSA) is 51.1 Å². The van der Waals surface area contributed by atoms with Gasteiger partial charge in [-0.05, 0) is 24.6 Å². The third kappa shape index (κ3) is 3.48. The zero-order valence-electron chi connectivity index (χ0n) is 17.0. The molecule has 2 heterocycles. The summed E-state index contributed by atoms with van der Waals surface area (Å²) in [5.41, 5.74) is 3.60. The molecule has 0 bridgehead atoms. The summed E-state index contributed by atoms with van der Waals surface area (Å²) < 4.78 is 11.5. The van der Waals surface area contributed by atoms with Crippen molar-refractivity contribution in [2.24, 2.45) is 4.99 Å². The lowest BCUT2D eigenvalue weighted by Gasteiger charge is -2.23. The second kappa shape index (κ2) is 8.30. The number of nitrogens with zero attached hydrogens (tertiary/aromatic N) is 2. The molecule has 0 N–H and O–H groups in total. The van der Waals surface area contributed by atoms with Crippen LogP contribution in [-0.4, -0.2) is 30.2 Å². The maximum atomic E-state index is 13.4. The van der Waals surface area contributed by atoms with E-state index in [1.54, 1.807) is 30.4 Å². The Bertz CT molecular complexity index is 1110. The third-order valence-corrected chi connectivity index (χ3v) is 5.17. The molecule has 2 aliphatic rings. The molecule has 0 unspecified atom stereocenters. The van der Waals surface area contributed by atoms with Gasteiger partial charge >= 0.3 is 0 Å². The SMILES string of the molecule is C#CC1=C(/C=C\C)N2C(=O)c3cc(OC)c(OCc4ccccc4)cc3N=C[C@@H]2C1. The van der Waals surface area contributed by atoms with Crippen LogP contribution in [-0.2, 0) is 6.61 Å². The van der Waals surface area contributed by atoms with E-state index < -0.39 is 0 Å². The van der Waals surface area contributed by atoms with Crippen molar-refractivity contribution < 1.29 is 14.3 Å². The predicted molar refractivity (Wildman–Crippen MR) is 117 cm³/mol. The number of rotatable bonds is 5. The second-order valence-corrected chi connectivity index (χ2v) is 7.03. The van der Waals surface area contributed by atoms with E-state index >= 15 is 0 Å². The molecule has 0 aliphatic carbocycles. The average Bonchev–Trinajstić information content (AvgIpc) is 3.07. The van der Waals surface area contributed by atoms with Gasteiger partial charge in [-0.1, -0.05) is 42.3 Å². The first-order chi connectivity index (χ1) is 14.7. The Balaban J connectivity index is 1.70. The third-order valence-electron chi connectivity index (χ3n) is 5.17. The molecule has 1 amide bonds. The molecule has 0 fully saturated rings. The van der Waals surface area contributed by atoms with Crippen molar-refractivity contribution >= 4 is 17.8 Å². The number of fused-ring (bicyclic) bond motifs is 2. The maximum Gasteiger partial charge on any atom is 0.261 e. The second-order valence-electron chi connectivity index (χ2n) is 7.03. The Labute approximate surface area is 176 Å². The number of hydrogen-bond donors (Lipinski definition) is 0. The smallest absolute Gasteiger partial charge is 0.261 e. The molecular weight excluding hydrogens is 376 g/mol. The molecule has 5 nitrogen and oxygen atoms in total. The average molecular weight is 398 g/mol. The zero-order valence-corrected chi connectivity index (χ0v) is 17.0. The fourth-order valence-electron chi connectivity index (χ4n) is 3.71. The highest BCUT2D eigenvalue weighted by Gasteiger charge is 2.37. The van der Waals surface area contributed by atoms with Gasteiger partial charge in [0.05, 0.1) is 30.1 Å². The lowest BCUT2D eigenvalue weighted by molar-refractivity contribution is 0.0806. The van der Waals surface area contributed by atoms with Crippen LogP contribution in [0, 0.1) is 12.3 Å². The fourth-order valence-corrected chi connectivity index (χ4v) is 3.71. The minimum atomic E-state index is -0.207. The summed E-state index contributed by atoms with van der Waals surface area (Å²) in [7, 11) is 1.56. The molecule has 2 aliphatic heterocycles. The molecular formula is C25H22N2O3. The van der Waals surface area contributed by atoms with Crippen molar-refractivity contribution in [1.29, 1.82) is 0 Å². The summed E-state index contributed by atoms with van der Waals surface area (Å²) >= 11 is 0. The van der Waals surface area contributed by atoms with Crippen molar-refractivity contribution in [1.82, 2.24) is 4.90 Å². The van der Waals surface area contributed by atoms with Gasteiger partial charge in [-0.15, -0.1) is 6.42 Å². The monoisotopic (exact) mass is 398 g/mol. The van der Waals surface area contributed by atoms with Crippen LogP contribution < -0.4 is 9.47 Å². The van der Waals surface area contributed by atoms with Gasteiger partial charge in [-0.3, -0.25) is 14.7 Å². The number of carbonyl (C=O) groups is 1. The number of methoxy groups -OCH3 is 1. The van der Waals surface area contributed by atoms with Gasteiger partial charge < -0.3 is 9.47 Å². The Hall–Kier alpha value is -3.78. The number of carbonyl (C=O) groups excluding carboxylic acids is 1. The lowest BCUT2D eigenvalue weighted by Crippen LogP contribution is -2.35.